The van der Waals surface area contributed by atoms with E-state index in [9.17, 15) is 14.4 Å². The van der Waals surface area contributed by atoms with Gasteiger partial charge in [0.15, 0.2) is 0 Å². The maximum absolute atomic E-state index is 13.0. The van der Waals surface area contributed by atoms with Gasteiger partial charge in [0.05, 0.1) is 16.5 Å². The maximum atomic E-state index is 13.0. The van der Waals surface area contributed by atoms with E-state index in [1.165, 1.54) is 11.8 Å². The summed E-state index contributed by atoms with van der Waals surface area (Å²) < 4.78 is 5.51. The fraction of sp³-hybridized carbons (Fsp3) is 0.550. The Morgan fingerprint density at radius 1 is 1.25 bits per heavy atom. The summed E-state index contributed by atoms with van der Waals surface area (Å²) in [5.41, 5.74) is -2.15. The van der Waals surface area contributed by atoms with Crippen molar-refractivity contribution in [2.24, 2.45) is 0 Å². The lowest BCUT2D eigenvalue weighted by atomic mass is 9.89. The number of hydrogen-bond acceptors (Lipinski definition) is 5. The van der Waals surface area contributed by atoms with Crippen LogP contribution >= 0.6 is 34.4 Å². The molecule has 6 nitrogen and oxygen atoms in total. The number of thioether (sulfide) groups is 1. The number of β-lactam (4-membered cyclic amide) rings is 1. The van der Waals surface area contributed by atoms with Gasteiger partial charge in [-0.3, -0.25) is 14.5 Å². The molecule has 8 heteroatoms. The van der Waals surface area contributed by atoms with Crippen LogP contribution in [0.2, 0.25) is 0 Å². The first-order valence-corrected chi connectivity index (χ1v) is 11.5. The fourth-order valence-corrected chi connectivity index (χ4v) is 5.97. The molecule has 0 radical (unpaired) electrons. The number of nitrogens with zero attached hydrogens (tertiary/aromatic N) is 1. The Hall–Kier alpha value is -1.29. The minimum atomic E-state index is -1.45. The fourth-order valence-electron chi connectivity index (χ4n) is 3.20. The Morgan fingerprint density at radius 3 is 2.11 bits per heavy atom. The van der Waals surface area contributed by atoms with Gasteiger partial charge in [-0.15, -0.1) is 11.8 Å². The Labute approximate surface area is 184 Å². The van der Waals surface area contributed by atoms with Crippen LogP contribution in [0.1, 0.15) is 41.0 Å². The molecule has 0 spiro atoms. The molecular weight excluding hydrogens is 491 g/mol. The average Bonchev–Trinajstić information content (AvgIpc) is 2.80. The Morgan fingerprint density at radius 2 is 1.75 bits per heavy atom. The van der Waals surface area contributed by atoms with Crippen molar-refractivity contribution in [3.8, 4) is 0 Å². The molecule has 1 aromatic rings. The number of fused-ring (bicyclic) bond motifs is 1. The maximum Gasteiger partial charge on any atom is 0.355 e. The molecule has 2 heterocycles. The largest absolute Gasteiger partial charge is 0.457 e. The van der Waals surface area contributed by atoms with Crippen LogP contribution < -0.4 is 5.32 Å². The lowest BCUT2D eigenvalue weighted by Gasteiger charge is -2.48. The van der Waals surface area contributed by atoms with Gasteiger partial charge in [-0.1, -0.05) is 59.0 Å². The van der Waals surface area contributed by atoms with Gasteiger partial charge in [0.25, 0.3) is 0 Å². The number of carbonyl (C=O) groups excluding carboxylic acids is 3. The number of alkyl halides is 1. The number of rotatable bonds is 3. The molecule has 28 heavy (non-hydrogen) atoms. The number of nitrogens with one attached hydrogen (secondary N) is 1. The highest BCUT2D eigenvalue weighted by atomic mass is 127. The summed E-state index contributed by atoms with van der Waals surface area (Å²) in [5, 5.41) is 2.66. The van der Waals surface area contributed by atoms with E-state index in [1.807, 2.05) is 43.3 Å². The first-order valence-electron chi connectivity index (χ1n) is 9.05. The average molecular weight is 518 g/mol. The summed E-state index contributed by atoms with van der Waals surface area (Å²) >= 11 is 3.74. The molecule has 1 aromatic carbocycles. The number of carbonyl (C=O) groups is 3. The van der Waals surface area contributed by atoms with Crippen molar-refractivity contribution in [3.63, 3.8) is 0 Å². The zero-order valence-corrected chi connectivity index (χ0v) is 19.8. The van der Waals surface area contributed by atoms with Crippen LogP contribution in [0.5, 0.6) is 0 Å². The van der Waals surface area contributed by atoms with Gasteiger partial charge in [0.2, 0.25) is 17.5 Å². The van der Waals surface area contributed by atoms with Crippen molar-refractivity contribution in [1.82, 2.24) is 10.2 Å². The van der Waals surface area contributed by atoms with Crippen molar-refractivity contribution in [2.75, 3.05) is 4.43 Å². The topological polar surface area (TPSA) is 75.7 Å². The third kappa shape index (κ3) is 4.48. The van der Waals surface area contributed by atoms with Gasteiger partial charge in [0, 0.05) is 11.4 Å². The molecule has 3 atom stereocenters. The SMILES string of the molecule is CC(=O)NC1(C(=O)OC(C)(C)C)N2C(=O)C[C@H]2SC1(C)CI.c1ccccc1. The van der Waals surface area contributed by atoms with Crippen LogP contribution in [0.25, 0.3) is 0 Å². The van der Waals surface area contributed by atoms with Gasteiger partial charge in [-0.05, 0) is 27.7 Å². The summed E-state index contributed by atoms with van der Waals surface area (Å²) in [4.78, 5) is 38.4. The predicted molar refractivity (Wildman–Crippen MR) is 119 cm³/mol. The van der Waals surface area contributed by atoms with Crippen molar-refractivity contribution < 1.29 is 19.1 Å². The highest BCUT2D eigenvalue weighted by Crippen LogP contribution is 2.57. The Kier molecular flexibility index (Phi) is 7.07. The molecule has 0 bridgehead atoms. The Bertz CT molecular complexity index is 713. The highest BCUT2D eigenvalue weighted by Gasteiger charge is 2.72. The first kappa shape index (κ1) is 23.0. The third-order valence-electron chi connectivity index (χ3n) is 4.40. The molecule has 2 amide bonds. The van der Waals surface area contributed by atoms with Crippen LogP contribution in [0.3, 0.4) is 0 Å². The summed E-state index contributed by atoms with van der Waals surface area (Å²) in [6.07, 6.45) is 0.390. The van der Waals surface area contributed by atoms with E-state index >= 15 is 0 Å². The zero-order valence-electron chi connectivity index (χ0n) is 16.8. The van der Waals surface area contributed by atoms with Gasteiger partial charge in [-0.25, -0.2) is 4.79 Å². The van der Waals surface area contributed by atoms with Gasteiger partial charge in [0.1, 0.15) is 5.60 Å². The molecule has 2 saturated heterocycles. The van der Waals surface area contributed by atoms with E-state index in [1.54, 1.807) is 32.5 Å². The second kappa shape index (κ2) is 8.61. The molecule has 0 aromatic heterocycles. The minimum absolute atomic E-state index is 0.0911. The van der Waals surface area contributed by atoms with Crippen molar-refractivity contribution in [1.29, 1.82) is 0 Å². The highest BCUT2D eigenvalue weighted by molar-refractivity contribution is 14.1. The van der Waals surface area contributed by atoms with Gasteiger partial charge >= 0.3 is 5.97 Å². The molecular formula is C20H27IN2O4S. The zero-order chi connectivity index (χ0) is 21.2. The van der Waals surface area contributed by atoms with E-state index in [-0.39, 0.29) is 17.2 Å². The van der Waals surface area contributed by atoms with E-state index in [4.69, 9.17) is 4.74 Å². The molecule has 1 N–H and O–H groups in total. The molecule has 2 fully saturated rings. The van der Waals surface area contributed by atoms with E-state index in [0.29, 0.717) is 10.8 Å². The van der Waals surface area contributed by atoms with Crippen molar-refractivity contribution >= 4 is 52.1 Å². The summed E-state index contributed by atoms with van der Waals surface area (Å²) in [7, 11) is 0. The van der Waals surface area contributed by atoms with E-state index < -0.39 is 22.0 Å². The number of benzene rings is 1. The number of hydrogen-bond donors (Lipinski definition) is 1. The molecule has 2 aliphatic heterocycles. The molecule has 3 rings (SSSR count). The van der Waals surface area contributed by atoms with Crippen LogP contribution in [-0.4, -0.2) is 48.5 Å². The van der Waals surface area contributed by atoms with E-state index in [2.05, 4.69) is 27.9 Å². The van der Waals surface area contributed by atoms with E-state index in [0.717, 1.165) is 0 Å². The molecule has 2 unspecified atom stereocenters. The number of esters is 1. The number of halogens is 1. The summed E-state index contributed by atoms with van der Waals surface area (Å²) in [6, 6.07) is 12.0. The van der Waals surface area contributed by atoms with Crippen molar-refractivity contribution in [3.05, 3.63) is 36.4 Å². The predicted octanol–water partition coefficient (Wildman–Crippen LogP) is 3.35. The lowest BCUT2D eigenvalue weighted by Crippen LogP contribution is -2.76. The van der Waals surface area contributed by atoms with Crippen LogP contribution in [-0.2, 0) is 19.1 Å². The van der Waals surface area contributed by atoms with Crippen LogP contribution in [0, 0.1) is 0 Å². The molecule has 0 aliphatic carbocycles. The summed E-state index contributed by atoms with van der Waals surface area (Å²) in [5.74, 6) is -1.06. The second-order valence-corrected chi connectivity index (χ2v) is 10.4. The van der Waals surface area contributed by atoms with Gasteiger partial charge in [-0.2, -0.15) is 0 Å². The normalized spacial score (nSPS) is 28.4. The van der Waals surface area contributed by atoms with Crippen LogP contribution in [0.15, 0.2) is 36.4 Å². The second-order valence-electron chi connectivity index (χ2n) is 7.95. The van der Waals surface area contributed by atoms with Crippen molar-refractivity contribution in [2.45, 2.75) is 62.4 Å². The Balaban J connectivity index is 0.000000397. The van der Waals surface area contributed by atoms with Gasteiger partial charge < -0.3 is 10.1 Å². The third-order valence-corrected chi connectivity index (χ3v) is 8.05. The quantitative estimate of drug-likeness (QED) is 0.288. The molecule has 154 valence electrons. The number of amides is 2. The minimum Gasteiger partial charge on any atom is -0.457 e. The summed E-state index contributed by atoms with van der Waals surface area (Å²) in [6.45, 7) is 8.55. The molecule has 0 saturated carbocycles. The van der Waals surface area contributed by atoms with Crippen LogP contribution in [0.4, 0.5) is 0 Å². The first-order chi connectivity index (χ1) is 13.0. The molecule has 2 aliphatic rings. The number of ether oxygens (including phenoxy) is 1. The standard InChI is InChI=1S/C14H21IN2O4S.C6H6/c1-8(18)16-14(11(20)21-12(2,3)4)13(5,7-15)22-10-6-9(19)17(10)14;1-2-4-6-5-3-1/h10H,6-7H2,1-5H3,(H,16,18);1-6H/t10-,13?,14?;/m1./s1. The smallest absolute Gasteiger partial charge is 0.355 e. The monoisotopic (exact) mass is 518 g/mol. The lowest BCUT2D eigenvalue weighted by molar-refractivity contribution is -0.185.